The highest BCUT2D eigenvalue weighted by atomic mass is 16.2. The zero-order chi connectivity index (χ0) is 39.0. The Hall–Kier alpha value is -4.09. The number of benzene rings is 2. The molecule has 2 bridgehead atoms. The van der Waals surface area contributed by atoms with Gasteiger partial charge in [0.1, 0.15) is 6.04 Å². The van der Waals surface area contributed by atoms with E-state index in [1.165, 1.54) is 0 Å². The third-order valence-electron chi connectivity index (χ3n) is 10.8. The van der Waals surface area contributed by atoms with Crippen LogP contribution in [0.4, 0.5) is 0 Å². The molecule has 11 nitrogen and oxygen atoms in total. The SMILES string of the molecule is CCCCCCC(=O)N1CC2CC(C1)N2C(=O)C(CCCCN)NC(=O)C(CC(=O)C(Cc1ccccc1)NC(=O)C(N)Cc1ccccc1)CC(C)C. The number of nitrogens with one attached hydrogen (secondary N) is 2. The maximum absolute atomic E-state index is 14.1. The Bertz CT molecular complexity index is 1490. The van der Waals surface area contributed by atoms with Crippen LogP contribution in [0.1, 0.15) is 103 Å². The van der Waals surface area contributed by atoms with Gasteiger partial charge >= 0.3 is 0 Å². The van der Waals surface area contributed by atoms with Gasteiger partial charge < -0.3 is 31.9 Å². The summed E-state index contributed by atoms with van der Waals surface area (Å²) in [5.41, 5.74) is 13.9. The second kappa shape index (κ2) is 21.7. The van der Waals surface area contributed by atoms with E-state index in [9.17, 15) is 24.0 Å². The molecular weight excluding hydrogens is 681 g/mol. The minimum Gasteiger partial charge on any atom is -0.345 e. The van der Waals surface area contributed by atoms with Crippen molar-refractivity contribution < 1.29 is 24.0 Å². The summed E-state index contributed by atoms with van der Waals surface area (Å²) in [6.45, 7) is 7.67. The monoisotopic (exact) mass is 744 g/mol. The van der Waals surface area contributed by atoms with Crippen molar-refractivity contribution >= 4 is 29.4 Å². The number of hydrogen-bond donors (Lipinski definition) is 4. The number of Topliss-reactive ketones (excluding diaryl/α,β-unsaturated/α-hetero) is 1. The van der Waals surface area contributed by atoms with Crippen molar-refractivity contribution in [2.75, 3.05) is 19.6 Å². The number of amides is 4. The first-order valence-electron chi connectivity index (χ1n) is 20.3. The smallest absolute Gasteiger partial charge is 0.245 e. The van der Waals surface area contributed by atoms with Crippen LogP contribution in [0.15, 0.2) is 60.7 Å². The maximum Gasteiger partial charge on any atom is 0.245 e. The predicted octanol–water partition coefficient (Wildman–Crippen LogP) is 4.30. The molecule has 3 saturated heterocycles. The highest BCUT2D eigenvalue weighted by molar-refractivity contribution is 5.95. The molecule has 2 aromatic carbocycles. The van der Waals surface area contributed by atoms with Crippen molar-refractivity contribution in [3.63, 3.8) is 0 Å². The first-order valence-corrected chi connectivity index (χ1v) is 20.3. The van der Waals surface area contributed by atoms with Crippen LogP contribution in [0, 0.1) is 11.8 Å². The summed E-state index contributed by atoms with van der Waals surface area (Å²) in [6.07, 6.45) is 8.31. The largest absolute Gasteiger partial charge is 0.345 e. The summed E-state index contributed by atoms with van der Waals surface area (Å²) in [4.78, 5) is 72.4. The highest BCUT2D eigenvalue weighted by Crippen LogP contribution is 2.34. The van der Waals surface area contributed by atoms with Crippen molar-refractivity contribution in [1.29, 1.82) is 0 Å². The number of carbonyl (C=O) groups is 5. The van der Waals surface area contributed by atoms with E-state index in [1.54, 1.807) is 0 Å². The van der Waals surface area contributed by atoms with Gasteiger partial charge in [0.05, 0.1) is 24.2 Å². The van der Waals surface area contributed by atoms with Crippen LogP contribution < -0.4 is 22.1 Å². The molecule has 0 aromatic heterocycles. The Labute approximate surface area is 322 Å². The highest BCUT2D eigenvalue weighted by Gasteiger charge is 2.49. The Morgan fingerprint density at radius 3 is 1.98 bits per heavy atom. The second-order valence-corrected chi connectivity index (χ2v) is 15.8. The van der Waals surface area contributed by atoms with E-state index in [-0.39, 0.29) is 54.3 Å². The number of nitrogens with two attached hydrogens (primary N) is 2. The van der Waals surface area contributed by atoms with Gasteiger partial charge in [-0.3, -0.25) is 24.0 Å². The van der Waals surface area contributed by atoms with Crippen LogP contribution in [0.2, 0.25) is 0 Å². The standard InChI is InChI=1S/C43H64N6O5/c1-4-5-6-13-21-40(51)48-28-34-27-35(29-48)49(34)43(54)37(20-14-15-22-44)46-41(52)33(23-30(2)3)26-39(50)38(25-32-18-11-8-12-19-32)47-42(53)36(45)24-31-16-9-7-10-17-31/h7-12,16-19,30,33-38H,4-6,13-15,20-29,44-45H2,1-3H3,(H,46,52)(H,47,53). The van der Waals surface area contributed by atoms with Crippen LogP contribution >= 0.6 is 0 Å². The average molecular weight is 745 g/mol. The zero-order valence-corrected chi connectivity index (χ0v) is 32.7. The molecule has 3 fully saturated rings. The molecular formula is C43H64N6O5. The molecule has 296 valence electrons. The average Bonchev–Trinajstić information content (AvgIpc) is 3.16. The molecule has 0 radical (unpaired) electrons. The van der Waals surface area contributed by atoms with Crippen molar-refractivity contribution in [2.45, 2.75) is 134 Å². The van der Waals surface area contributed by atoms with Crippen LogP contribution in [0.5, 0.6) is 0 Å². The molecule has 3 aliphatic rings. The molecule has 11 heteroatoms. The molecule has 6 N–H and O–H groups in total. The molecule has 0 aliphatic carbocycles. The lowest BCUT2D eigenvalue weighted by Gasteiger charge is -2.57. The van der Waals surface area contributed by atoms with E-state index >= 15 is 0 Å². The van der Waals surface area contributed by atoms with E-state index < -0.39 is 30.0 Å². The summed E-state index contributed by atoms with van der Waals surface area (Å²) < 4.78 is 0. The molecule has 6 atom stereocenters. The molecule has 54 heavy (non-hydrogen) atoms. The fourth-order valence-electron chi connectivity index (χ4n) is 7.83. The van der Waals surface area contributed by atoms with Gasteiger partial charge in [-0.15, -0.1) is 0 Å². The Balaban J connectivity index is 1.44. The Morgan fingerprint density at radius 1 is 0.778 bits per heavy atom. The lowest BCUT2D eigenvalue weighted by atomic mass is 9.85. The van der Waals surface area contributed by atoms with Crippen molar-refractivity contribution in [3.8, 4) is 0 Å². The number of hydrogen-bond acceptors (Lipinski definition) is 7. The summed E-state index contributed by atoms with van der Waals surface area (Å²) in [5.74, 6) is -1.62. The van der Waals surface area contributed by atoms with Gasteiger partial charge in [-0.25, -0.2) is 0 Å². The summed E-state index contributed by atoms with van der Waals surface area (Å²) >= 11 is 0. The molecule has 5 rings (SSSR count). The van der Waals surface area contributed by atoms with E-state index in [1.807, 2.05) is 84.3 Å². The number of piperidine rings is 1. The molecule has 4 amide bonds. The summed E-state index contributed by atoms with van der Waals surface area (Å²) in [5, 5.41) is 5.97. The van der Waals surface area contributed by atoms with Gasteiger partial charge in [-0.05, 0) is 75.0 Å². The Kier molecular flexibility index (Phi) is 17.1. The summed E-state index contributed by atoms with van der Waals surface area (Å²) in [6, 6.07) is 16.3. The van der Waals surface area contributed by atoms with E-state index in [0.717, 1.165) is 43.2 Å². The first-order chi connectivity index (χ1) is 26.0. The molecule has 3 heterocycles. The number of fused-ring (bicyclic) bond motifs is 2. The van der Waals surface area contributed by atoms with Crippen LogP contribution in [-0.2, 0) is 36.8 Å². The Morgan fingerprint density at radius 2 is 1.39 bits per heavy atom. The number of rotatable bonds is 23. The minimum absolute atomic E-state index is 0.0617. The molecule has 0 spiro atoms. The van der Waals surface area contributed by atoms with Gasteiger partial charge in [0.25, 0.3) is 0 Å². The lowest BCUT2D eigenvalue weighted by molar-refractivity contribution is -0.163. The van der Waals surface area contributed by atoms with Gasteiger partial charge in [-0.2, -0.15) is 0 Å². The topological polar surface area (TPSA) is 168 Å². The number of piperazine rings is 1. The fraction of sp³-hybridized carbons (Fsp3) is 0.605. The van der Waals surface area contributed by atoms with Gasteiger partial charge in [0.2, 0.25) is 23.6 Å². The van der Waals surface area contributed by atoms with Crippen LogP contribution in [0.3, 0.4) is 0 Å². The molecule has 2 aromatic rings. The van der Waals surface area contributed by atoms with Gasteiger partial charge in [0, 0.05) is 31.8 Å². The molecule has 0 saturated carbocycles. The fourth-order valence-corrected chi connectivity index (χ4v) is 7.83. The van der Waals surface area contributed by atoms with E-state index in [0.29, 0.717) is 58.2 Å². The quantitative estimate of drug-likeness (QED) is 0.123. The number of unbranched alkanes of at least 4 members (excludes halogenated alkanes) is 4. The second-order valence-electron chi connectivity index (χ2n) is 15.8. The predicted molar refractivity (Wildman–Crippen MR) is 212 cm³/mol. The number of nitrogens with zero attached hydrogens (tertiary/aromatic N) is 2. The van der Waals surface area contributed by atoms with Crippen molar-refractivity contribution in [3.05, 3.63) is 71.8 Å². The van der Waals surface area contributed by atoms with Crippen LogP contribution in [0.25, 0.3) is 0 Å². The molecule has 3 aliphatic heterocycles. The third-order valence-corrected chi connectivity index (χ3v) is 10.8. The van der Waals surface area contributed by atoms with E-state index in [2.05, 4.69) is 17.6 Å². The normalized spacial score (nSPS) is 18.6. The number of carbonyl (C=O) groups excluding carboxylic acids is 5. The first kappa shape index (κ1) is 42.6. The van der Waals surface area contributed by atoms with Crippen molar-refractivity contribution in [2.24, 2.45) is 23.3 Å². The van der Waals surface area contributed by atoms with Gasteiger partial charge in [-0.1, -0.05) is 101 Å². The third kappa shape index (κ3) is 12.8. The van der Waals surface area contributed by atoms with E-state index in [4.69, 9.17) is 11.5 Å². The van der Waals surface area contributed by atoms with Crippen LogP contribution in [-0.4, -0.2) is 89.1 Å². The minimum atomic E-state index is -0.885. The lowest BCUT2D eigenvalue weighted by Crippen LogP contribution is -2.72. The number of ketones is 1. The summed E-state index contributed by atoms with van der Waals surface area (Å²) in [7, 11) is 0. The van der Waals surface area contributed by atoms with Crippen molar-refractivity contribution in [1.82, 2.24) is 20.4 Å². The zero-order valence-electron chi connectivity index (χ0n) is 32.7. The maximum atomic E-state index is 14.1. The van der Waals surface area contributed by atoms with Gasteiger partial charge in [0.15, 0.2) is 5.78 Å². The molecule has 6 unspecified atom stereocenters.